The molecule has 0 unspecified atom stereocenters. The first-order chi connectivity index (χ1) is 13.0. The highest BCUT2D eigenvalue weighted by atomic mass is 16.5. The zero-order valence-electron chi connectivity index (χ0n) is 15.3. The maximum Gasteiger partial charge on any atom is 0.336 e. The lowest BCUT2D eigenvalue weighted by Gasteiger charge is -2.12. The van der Waals surface area contributed by atoms with E-state index in [1.54, 1.807) is 13.0 Å². The lowest BCUT2D eigenvalue weighted by molar-refractivity contribution is -0.123. The number of para-hydroxylation sites is 1. The van der Waals surface area contributed by atoms with Gasteiger partial charge in [0.1, 0.15) is 23.7 Å². The predicted molar refractivity (Wildman–Crippen MR) is 102 cm³/mol. The fraction of sp³-hybridized carbons (Fsp3) is 0.238. The fourth-order valence-electron chi connectivity index (χ4n) is 2.73. The van der Waals surface area contributed by atoms with E-state index in [0.29, 0.717) is 30.0 Å². The van der Waals surface area contributed by atoms with Crippen LogP contribution in [0.5, 0.6) is 11.5 Å². The highest BCUT2D eigenvalue weighted by Crippen LogP contribution is 2.28. The van der Waals surface area contributed by atoms with Crippen molar-refractivity contribution in [1.29, 1.82) is 0 Å². The number of amides is 1. The molecule has 1 amide bonds. The normalized spacial score (nSPS) is 10.6. The van der Waals surface area contributed by atoms with Gasteiger partial charge >= 0.3 is 5.63 Å². The van der Waals surface area contributed by atoms with Gasteiger partial charge < -0.3 is 19.2 Å². The van der Waals surface area contributed by atoms with Crippen molar-refractivity contribution < 1.29 is 18.7 Å². The molecular formula is C21H21NO5. The Bertz CT molecular complexity index is 995. The van der Waals surface area contributed by atoms with Gasteiger partial charge in [-0.05, 0) is 43.7 Å². The Kier molecular flexibility index (Phi) is 5.76. The molecule has 1 heterocycles. The smallest absolute Gasteiger partial charge is 0.336 e. The molecule has 6 heteroatoms. The van der Waals surface area contributed by atoms with Crippen LogP contribution in [0.4, 0.5) is 0 Å². The van der Waals surface area contributed by atoms with E-state index in [4.69, 9.17) is 13.9 Å². The van der Waals surface area contributed by atoms with Gasteiger partial charge in [-0.2, -0.15) is 0 Å². The van der Waals surface area contributed by atoms with Crippen LogP contribution >= 0.6 is 0 Å². The average molecular weight is 367 g/mol. The minimum absolute atomic E-state index is 0.131. The van der Waals surface area contributed by atoms with Gasteiger partial charge in [-0.1, -0.05) is 18.2 Å². The number of hydrogen-bond acceptors (Lipinski definition) is 5. The number of aryl methyl sites for hydroxylation is 2. The van der Waals surface area contributed by atoms with Crippen LogP contribution in [0.1, 0.15) is 11.1 Å². The Morgan fingerprint density at radius 1 is 1.07 bits per heavy atom. The molecule has 6 nitrogen and oxygen atoms in total. The zero-order chi connectivity index (χ0) is 19.2. The van der Waals surface area contributed by atoms with E-state index in [1.165, 1.54) is 6.07 Å². The van der Waals surface area contributed by atoms with E-state index in [2.05, 4.69) is 5.32 Å². The summed E-state index contributed by atoms with van der Waals surface area (Å²) < 4.78 is 16.4. The molecule has 27 heavy (non-hydrogen) atoms. The van der Waals surface area contributed by atoms with Gasteiger partial charge in [-0.15, -0.1) is 0 Å². The van der Waals surface area contributed by atoms with Crippen molar-refractivity contribution in [2.24, 2.45) is 0 Å². The van der Waals surface area contributed by atoms with Crippen molar-refractivity contribution >= 4 is 16.9 Å². The quantitative estimate of drug-likeness (QED) is 0.513. The van der Waals surface area contributed by atoms with Gasteiger partial charge in [0.25, 0.3) is 5.91 Å². The van der Waals surface area contributed by atoms with Crippen LogP contribution in [-0.2, 0) is 4.79 Å². The number of nitrogens with one attached hydrogen (secondary N) is 1. The highest BCUT2D eigenvalue weighted by Gasteiger charge is 2.11. The summed E-state index contributed by atoms with van der Waals surface area (Å²) in [7, 11) is 0. The topological polar surface area (TPSA) is 77.8 Å². The van der Waals surface area contributed by atoms with Gasteiger partial charge in [-0.3, -0.25) is 4.79 Å². The third-order valence-electron chi connectivity index (χ3n) is 4.11. The summed E-state index contributed by atoms with van der Waals surface area (Å²) in [5.41, 5.74) is 1.60. The summed E-state index contributed by atoms with van der Waals surface area (Å²) in [5, 5.41) is 3.58. The predicted octanol–water partition coefficient (Wildman–Crippen LogP) is 2.98. The Morgan fingerprint density at radius 2 is 1.85 bits per heavy atom. The van der Waals surface area contributed by atoms with Crippen molar-refractivity contribution in [1.82, 2.24) is 5.32 Å². The van der Waals surface area contributed by atoms with Crippen LogP contribution in [0.2, 0.25) is 0 Å². The molecule has 0 radical (unpaired) electrons. The second kappa shape index (κ2) is 8.40. The SMILES string of the molecule is Cc1cc(=O)oc2c(C)c(OCC(=O)NCCOc3ccccc3)ccc12. The third-order valence-corrected chi connectivity index (χ3v) is 4.11. The van der Waals surface area contributed by atoms with Gasteiger partial charge in [0.15, 0.2) is 6.61 Å². The summed E-state index contributed by atoms with van der Waals surface area (Å²) in [5.74, 6) is 1.01. The molecule has 0 spiro atoms. The molecule has 0 saturated carbocycles. The molecule has 1 N–H and O–H groups in total. The minimum Gasteiger partial charge on any atom is -0.492 e. The second-order valence-corrected chi connectivity index (χ2v) is 6.11. The van der Waals surface area contributed by atoms with Gasteiger partial charge in [0.05, 0.1) is 6.54 Å². The molecule has 0 fully saturated rings. The molecule has 140 valence electrons. The first-order valence-corrected chi connectivity index (χ1v) is 8.66. The molecule has 3 aromatic rings. The summed E-state index contributed by atoms with van der Waals surface area (Å²) in [4.78, 5) is 23.5. The molecule has 0 aliphatic heterocycles. The van der Waals surface area contributed by atoms with E-state index in [9.17, 15) is 9.59 Å². The van der Waals surface area contributed by atoms with Gasteiger partial charge in [-0.25, -0.2) is 4.79 Å². The fourth-order valence-corrected chi connectivity index (χ4v) is 2.73. The largest absolute Gasteiger partial charge is 0.492 e. The number of benzene rings is 2. The van der Waals surface area contributed by atoms with Crippen LogP contribution in [0.25, 0.3) is 11.0 Å². The van der Waals surface area contributed by atoms with Gasteiger partial charge in [0.2, 0.25) is 0 Å². The summed E-state index contributed by atoms with van der Waals surface area (Å²) in [6.45, 7) is 4.26. The third kappa shape index (κ3) is 4.67. The molecule has 0 atom stereocenters. The van der Waals surface area contributed by atoms with Crippen LogP contribution < -0.4 is 20.4 Å². The Hall–Kier alpha value is -3.28. The number of fused-ring (bicyclic) bond motifs is 1. The maximum atomic E-state index is 11.9. The average Bonchev–Trinajstić information content (AvgIpc) is 2.66. The van der Waals surface area contributed by atoms with Crippen LogP contribution in [0, 0.1) is 13.8 Å². The molecule has 0 saturated heterocycles. The maximum absolute atomic E-state index is 11.9. The van der Waals surface area contributed by atoms with E-state index in [0.717, 1.165) is 16.7 Å². The molecule has 0 aliphatic rings. The number of carbonyl (C=O) groups is 1. The zero-order valence-corrected chi connectivity index (χ0v) is 15.3. The van der Waals surface area contributed by atoms with Crippen molar-refractivity contribution in [3.8, 4) is 11.5 Å². The van der Waals surface area contributed by atoms with Crippen molar-refractivity contribution in [3.05, 3.63) is 70.1 Å². The molecule has 0 bridgehead atoms. The van der Waals surface area contributed by atoms with E-state index in [1.807, 2.05) is 43.3 Å². The number of ether oxygens (including phenoxy) is 2. The lowest BCUT2D eigenvalue weighted by atomic mass is 10.1. The number of hydrogen-bond donors (Lipinski definition) is 1. The Morgan fingerprint density at radius 3 is 2.63 bits per heavy atom. The second-order valence-electron chi connectivity index (χ2n) is 6.11. The van der Waals surface area contributed by atoms with E-state index in [-0.39, 0.29) is 12.5 Å². The van der Waals surface area contributed by atoms with Crippen LogP contribution in [-0.4, -0.2) is 25.7 Å². The Balaban J connectivity index is 1.53. The van der Waals surface area contributed by atoms with Crippen molar-refractivity contribution in [3.63, 3.8) is 0 Å². The van der Waals surface area contributed by atoms with Crippen LogP contribution in [0.3, 0.4) is 0 Å². The van der Waals surface area contributed by atoms with E-state index >= 15 is 0 Å². The van der Waals surface area contributed by atoms with Crippen molar-refractivity contribution in [2.75, 3.05) is 19.8 Å². The summed E-state index contributed by atoms with van der Waals surface area (Å²) >= 11 is 0. The lowest BCUT2D eigenvalue weighted by Crippen LogP contribution is -2.32. The standard InChI is InChI=1S/C21H21NO5/c1-14-12-20(24)27-21-15(2)18(9-8-17(14)21)26-13-19(23)22-10-11-25-16-6-4-3-5-7-16/h3-9,12H,10-11,13H2,1-2H3,(H,22,23). The monoisotopic (exact) mass is 367 g/mol. The minimum atomic E-state index is -0.406. The molecular weight excluding hydrogens is 346 g/mol. The Labute approximate surface area is 156 Å². The summed E-state index contributed by atoms with van der Waals surface area (Å²) in [6, 6.07) is 14.4. The number of rotatable bonds is 7. The van der Waals surface area contributed by atoms with Crippen LogP contribution in [0.15, 0.2) is 57.7 Å². The first kappa shape index (κ1) is 18.5. The summed E-state index contributed by atoms with van der Waals surface area (Å²) in [6.07, 6.45) is 0. The van der Waals surface area contributed by atoms with E-state index < -0.39 is 5.63 Å². The molecule has 2 aromatic carbocycles. The van der Waals surface area contributed by atoms with Gasteiger partial charge in [0, 0.05) is 17.0 Å². The highest BCUT2D eigenvalue weighted by molar-refractivity contribution is 5.85. The molecule has 3 rings (SSSR count). The molecule has 1 aromatic heterocycles. The number of carbonyl (C=O) groups excluding carboxylic acids is 1. The van der Waals surface area contributed by atoms with Crippen molar-refractivity contribution in [2.45, 2.75) is 13.8 Å². The molecule has 0 aliphatic carbocycles. The first-order valence-electron chi connectivity index (χ1n) is 8.66.